The highest BCUT2D eigenvalue weighted by molar-refractivity contribution is 5.83. The average Bonchev–Trinajstić information content (AvgIpc) is 3.13. The van der Waals surface area contributed by atoms with Gasteiger partial charge < -0.3 is 24.6 Å². The van der Waals surface area contributed by atoms with Crippen LogP contribution in [0.4, 0.5) is 4.79 Å². The summed E-state index contributed by atoms with van der Waals surface area (Å²) in [5.74, 6) is 0.558. The third-order valence-electron chi connectivity index (χ3n) is 5.18. The number of rotatable bonds is 4. The molecule has 3 rings (SSSR count). The van der Waals surface area contributed by atoms with E-state index in [0.29, 0.717) is 39.4 Å². The minimum Gasteiger partial charge on any atom is -0.497 e. The minimum atomic E-state index is -0.256. The lowest BCUT2D eigenvalue weighted by molar-refractivity contribution is -0.139. The lowest BCUT2D eigenvalue weighted by atomic mass is 9.87. The first-order valence-electron chi connectivity index (χ1n) is 9.55. The molecule has 2 aliphatic heterocycles. The van der Waals surface area contributed by atoms with Crippen LogP contribution in [0, 0.1) is 5.92 Å². The first kappa shape index (κ1) is 19.5. The molecule has 7 heteroatoms. The molecule has 3 amide bonds. The van der Waals surface area contributed by atoms with E-state index in [9.17, 15) is 9.59 Å². The van der Waals surface area contributed by atoms with E-state index in [1.807, 2.05) is 43.0 Å². The zero-order valence-electron chi connectivity index (χ0n) is 16.3. The Bertz CT molecular complexity index is 673. The molecule has 2 fully saturated rings. The predicted molar refractivity (Wildman–Crippen MR) is 102 cm³/mol. The van der Waals surface area contributed by atoms with Crippen LogP contribution >= 0.6 is 0 Å². The van der Waals surface area contributed by atoms with Gasteiger partial charge in [-0.05, 0) is 31.5 Å². The summed E-state index contributed by atoms with van der Waals surface area (Å²) in [7, 11) is 1.63. The van der Waals surface area contributed by atoms with Gasteiger partial charge in [0.05, 0.1) is 26.2 Å². The SMILES string of the molecule is COc1cccc(C2CN(C(=O)NC(C)C)CC2C(=O)N2CCOCC2)c1. The molecule has 0 spiro atoms. The second-order valence-corrected chi connectivity index (χ2v) is 7.44. The summed E-state index contributed by atoms with van der Waals surface area (Å²) >= 11 is 0. The van der Waals surface area contributed by atoms with Gasteiger partial charge in [-0.25, -0.2) is 4.79 Å². The molecule has 1 aromatic rings. The summed E-state index contributed by atoms with van der Waals surface area (Å²) in [5.41, 5.74) is 1.03. The van der Waals surface area contributed by atoms with Crippen LogP contribution in [0.1, 0.15) is 25.3 Å². The van der Waals surface area contributed by atoms with E-state index >= 15 is 0 Å². The van der Waals surface area contributed by atoms with Crippen LogP contribution in [0.5, 0.6) is 5.75 Å². The summed E-state index contributed by atoms with van der Waals surface area (Å²) in [6, 6.07) is 7.74. The summed E-state index contributed by atoms with van der Waals surface area (Å²) in [6.45, 7) is 7.17. The van der Waals surface area contributed by atoms with Crippen molar-refractivity contribution >= 4 is 11.9 Å². The van der Waals surface area contributed by atoms with E-state index in [1.165, 1.54) is 0 Å². The molecule has 0 saturated carbocycles. The molecule has 2 unspecified atom stereocenters. The van der Waals surface area contributed by atoms with Crippen molar-refractivity contribution in [2.75, 3.05) is 46.5 Å². The van der Waals surface area contributed by atoms with Crippen LogP contribution in [0.25, 0.3) is 0 Å². The lowest BCUT2D eigenvalue weighted by Gasteiger charge is -2.30. The number of amides is 3. The molecular weight excluding hydrogens is 346 g/mol. The number of likely N-dealkylation sites (tertiary alicyclic amines) is 1. The monoisotopic (exact) mass is 375 g/mol. The van der Waals surface area contributed by atoms with Crippen molar-refractivity contribution < 1.29 is 19.1 Å². The van der Waals surface area contributed by atoms with Crippen molar-refractivity contribution in [3.05, 3.63) is 29.8 Å². The number of nitrogens with one attached hydrogen (secondary N) is 1. The van der Waals surface area contributed by atoms with Crippen LogP contribution in [0.15, 0.2) is 24.3 Å². The van der Waals surface area contributed by atoms with Crippen LogP contribution < -0.4 is 10.1 Å². The normalized spacial score (nSPS) is 22.8. The molecule has 2 heterocycles. The molecular formula is C20H29N3O4. The van der Waals surface area contributed by atoms with Crippen molar-refractivity contribution in [2.24, 2.45) is 5.92 Å². The molecule has 1 N–H and O–H groups in total. The number of hydrogen-bond donors (Lipinski definition) is 1. The Morgan fingerprint density at radius 1 is 1.19 bits per heavy atom. The maximum atomic E-state index is 13.2. The zero-order chi connectivity index (χ0) is 19.4. The number of benzene rings is 1. The Morgan fingerprint density at radius 3 is 2.59 bits per heavy atom. The Morgan fingerprint density at radius 2 is 1.93 bits per heavy atom. The molecule has 0 aromatic heterocycles. The second-order valence-electron chi connectivity index (χ2n) is 7.44. The van der Waals surface area contributed by atoms with Gasteiger partial charge in [0, 0.05) is 38.1 Å². The maximum Gasteiger partial charge on any atom is 0.317 e. The molecule has 0 aliphatic carbocycles. The van der Waals surface area contributed by atoms with Gasteiger partial charge in [0.15, 0.2) is 0 Å². The quantitative estimate of drug-likeness (QED) is 0.869. The van der Waals surface area contributed by atoms with Gasteiger partial charge in [-0.3, -0.25) is 4.79 Å². The van der Waals surface area contributed by atoms with E-state index in [2.05, 4.69) is 5.32 Å². The van der Waals surface area contributed by atoms with Crippen molar-refractivity contribution in [2.45, 2.75) is 25.8 Å². The first-order valence-corrected chi connectivity index (χ1v) is 9.55. The Balaban J connectivity index is 1.83. The van der Waals surface area contributed by atoms with Crippen molar-refractivity contribution in [3.8, 4) is 5.75 Å². The Kier molecular flexibility index (Phi) is 6.21. The number of morpholine rings is 1. The van der Waals surface area contributed by atoms with E-state index in [-0.39, 0.29) is 29.8 Å². The standard InChI is InChI=1S/C20H29N3O4/c1-14(2)21-20(25)23-12-17(15-5-4-6-16(11-15)26-3)18(13-23)19(24)22-7-9-27-10-8-22/h4-6,11,14,17-18H,7-10,12-13H2,1-3H3,(H,21,25). The van der Waals surface area contributed by atoms with Gasteiger partial charge in [-0.15, -0.1) is 0 Å². The number of carbonyl (C=O) groups is 2. The maximum absolute atomic E-state index is 13.2. The van der Waals surface area contributed by atoms with Crippen LogP contribution in [-0.2, 0) is 9.53 Å². The highest BCUT2D eigenvalue weighted by Crippen LogP contribution is 2.35. The minimum absolute atomic E-state index is 0.0478. The number of carbonyl (C=O) groups excluding carboxylic acids is 2. The Hall–Kier alpha value is -2.28. The first-order chi connectivity index (χ1) is 13.0. The highest BCUT2D eigenvalue weighted by Gasteiger charge is 2.42. The fourth-order valence-corrected chi connectivity index (χ4v) is 3.79. The van der Waals surface area contributed by atoms with Gasteiger partial charge >= 0.3 is 6.03 Å². The van der Waals surface area contributed by atoms with Crippen LogP contribution in [-0.4, -0.2) is 74.3 Å². The molecule has 2 aliphatic rings. The van der Waals surface area contributed by atoms with E-state index < -0.39 is 0 Å². The fraction of sp³-hybridized carbons (Fsp3) is 0.600. The van der Waals surface area contributed by atoms with Gasteiger partial charge in [0.2, 0.25) is 5.91 Å². The molecule has 2 saturated heterocycles. The van der Waals surface area contributed by atoms with E-state index in [0.717, 1.165) is 11.3 Å². The van der Waals surface area contributed by atoms with Crippen molar-refractivity contribution in [1.29, 1.82) is 0 Å². The summed E-state index contributed by atoms with van der Waals surface area (Å²) in [4.78, 5) is 29.4. The lowest BCUT2D eigenvalue weighted by Crippen LogP contribution is -2.46. The largest absolute Gasteiger partial charge is 0.497 e. The summed E-state index contributed by atoms with van der Waals surface area (Å²) < 4.78 is 10.7. The predicted octanol–water partition coefficient (Wildman–Crippen LogP) is 1.69. The highest BCUT2D eigenvalue weighted by atomic mass is 16.5. The number of urea groups is 1. The summed E-state index contributed by atoms with van der Waals surface area (Å²) in [5, 5.41) is 2.94. The van der Waals surface area contributed by atoms with Crippen molar-refractivity contribution in [3.63, 3.8) is 0 Å². The molecule has 27 heavy (non-hydrogen) atoms. The summed E-state index contributed by atoms with van der Waals surface area (Å²) in [6.07, 6.45) is 0. The number of nitrogens with zero attached hydrogens (tertiary/aromatic N) is 2. The topological polar surface area (TPSA) is 71.1 Å². The Labute approximate surface area is 160 Å². The third-order valence-corrected chi connectivity index (χ3v) is 5.18. The van der Waals surface area contributed by atoms with E-state index in [4.69, 9.17) is 9.47 Å². The average molecular weight is 375 g/mol. The van der Waals surface area contributed by atoms with Gasteiger partial charge in [-0.2, -0.15) is 0 Å². The molecule has 1 aromatic carbocycles. The molecule has 0 radical (unpaired) electrons. The van der Waals surface area contributed by atoms with Crippen LogP contribution in [0.2, 0.25) is 0 Å². The number of hydrogen-bond acceptors (Lipinski definition) is 4. The smallest absolute Gasteiger partial charge is 0.317 e. The fourth-order valence-electron chi connectivity index (χ4n) is 3.79. The van der Waals surface area contributed by atoms with Gasteiger partial charge in [0.1, 0.15) is 5.75 Å². The zero-order valence-corrected chi connectivity index (χ0v) is 16.3. The van der Waals surface area contributed by atoms with Gasteiger partial charge in [0.25, 0.3) is 0 Å². The second kappa shape index (κ2) is 8.61. The molecule has 7 nitrogen and oxygen atoms in total. The van der Waals surface area contributed by atoms with E-state index in [1.54, 1.807) is 12.0 Å². The third kappa shape index (κ3) is 4.53. The molecule has 0 bridgehead atoms. The van der Waals surface area contributed by atoms with Crippen LogP contribution in [0.3, 0.4) is 0 Å². The molecule has 148 valence electrons. The molecule has 2 atom stereocenters. The van der Waals surface area contributed by atoms with Crippen molar-refractivity contribution in [1.82, 2.24) is 15.1 Å². The number of methoxy groups -OCH3 is 1. The van der Waals surface area contributed by atoms with Gasteiger partial charge in [-0.1, -0.05) is 12.1 Å². The number of ether oxygens (including phenoxy) is 2.